The Balaban J connectivity index is 2.13. The summed E-state index contributed by atoms with van der Waals surface area (Å²) in [7, 11) is 0. The van der Waals surface area contributed by atoms with Gasteiger partial charge in [-0.1, -0.05) is 36.4 Å². The molecule has 6 nitrogen and oxygen atoms in total. The van der Waals surface area contributed by atoms with Crippen molar-refractivity contribution in [3.63, 3.8) is 0 Å². The van der Waals surface area contributed by atoms with Crippen molar-refractivity contribution in [1.29, 1.82) is 0 Å². The lowest BCUT2D eigenvalue weighted by Crippen LogP contribution is -2.49. The number of aliphatic hydroxyl groups is 3. The first-order chi connectivity index (χ1) is 12.3. The highest BCUT2D eigenvalue weighted by molar-refractivity contribution is 8.01. The van der Waals surface area contributed by atoms with Crippen LogP contribution in [0.15, 0.2) is 41.8 Å². The molecular formula is C19H28N2O4S. The van der Waals surface area contributed by atoms with Crippen molar-refractivity contribution >= 4 is 17.8 Å². The molecule has 1 aromatic rings. The van der Waals surface area contributed by atoms with E-state index in [1.54, 1.807) is 16.7 Å². The topological polar surface area (TPSA) is 93.0 Å². The molecule has 1 aliphatic heterocycles. The molecule has 3 unspecified atom stereocenters. The van der Waals surface area contributed by atoms with Crippen molar-refractivity contribution in [2.75, 3.05) is 12.8 Å². The molecule has 3 atom stereocenters. The van der Waals surface area contributed by atoms with E-state index in [9.17, 15) is 20.1 Å². The molecule has 0 aliphatic carbocycles. The lowest BCUT2D eigenvalue weighted by molar-refractivity contribution is -0.321. The number of rotatable bonds is 6. The summed E-state index contributed by atoms with van der Waals surface area (Å²) in [5, 5.41) is 32.9. The SMILES string of the molecule is CS/C=C/C(C)NC(=O)N1CCC(CC(O)(O)O)CC1c1ccccc1. The zero-order chi connectivity index (χ0) is 19.2. The molecule has 1 heterocycles. The fourth-order valence-electron chi connectivity index (χ4n) is 3.37. The second-order valence-electron chi connectivity index (χ2n) is 6.79. The minimum atomic E-state index is -2.67. The number of thioether (sulfide) groups is 1. The van der Waals surface area contributed by atoms with E-state index in [0.29, 0.717) is 19.4 Å². The zero-order valence-electron chi connectivity index (χ0n) is 15.2. The summed E-state index contributed by atoms with van der Waals surface area (Å²) in [6.45, 7) is 2.41. The largest absolute Gasteiger partial charge is 0.344 e. The van der Waals surface area contributed by atoms with Crippen LogP contribution in [0.4, 0.5) is 4.79 Å². The smallest absolute Gasteiger partial charge is 0.318 e. The second-order valence-corrected chi connectivity index (χ2v) is 7.53. The molecule has 4 N–H and O–H groups in total. The van der Waals surface area contributed by atoms with Gasteiger partial charge < -0.3 is 25.5 Å². The van der Waals surface area contributed by atoms with E-state index >= 15 is 0 Å². The van der Waals surface area contributed by atoms with Gasteiger partial charge in [0.1, 0.15) is 0 Å². The highest BCUT2D eigenvalue weighted by atomic mass is 32.2. The number of piperidine rings is 1. The molecule has 0 radical (unpaired) electrons. The van der Waals surface area contributed by atoms with Crippen molar-refractivity contribution in [2.24, 2.45) is 5.92 Å². The molecule has 0 bridgehead atoms. The fourth-order valence-corrected chi connectivity index (χ4v) is 3.76. The third-order valence-electron chi connectivity index (χ3n) is 4.57. The summed E-state index contributed by atoms with van der Waals surface area (Å²) in [6, 6.07) is 9.31. The van der Waals surface area contributed by atoms with E-state index in [2.05, 4.69) is 5.32 Å². The Morgan fingerprint density at radius 1 is 1.38 bits per heavy atom. The molecule has 2 amide bonds. The minimum absolute atomic E-state index is 0.0796. The van der Waals surface area contributed by atoms with E-state index in [4.69, 9.17) is 0 Å². The maximum Gasteiger partial charge on any atom is 0.318 e. The number of amides is 2. The Hall–Kier alpha value is -1.54. The predicted octanol–water partition coefficient (Wildman–Crippen LogP) is 2.44. The summed E-state index contributed by atoms with van der Waals surface area (Å²) in [5.41, 5.74) is 0.999. The van der Waals surface area contributed by atoms with Crippen LogP contribution in [0, 0.1) is 5.92 Å². The molecule has 7 heteroatoms. The number of nitrogens with one attached hydrogen (secondary N) is 1. The van der Waals surface area contributed by atoms with Gasteiger partial charge in [0.2, 0.25) is 0 Å². The van der Waals surface area contributed by atoms with Crippen LogP contribution in [0.1, 0.15) is 37.8 Å². The van der Waals surface area contributed by atoms with Crippen molar-refractivity contribution < 1.29 is 20.1 Å². The van der Waals surface area contributed by atoms with Crippen LogP contribution >= 0.6 is 11.8 Å². The summed E-state index contributed by atoms with van der Waals surface area (Å²) < 4.78 is 0. The standard InChI is InChI=1S/C19H28N2O4S/c1-14(9-11-26-2)20-18(22)21-10-8-15(13-19(23,24)25)12-17(21)16-6-4-3-5-7-16/h3-7,9,11,14-15,17,23-25H,8,10,12-13H2,1-2H3,(H,20,22)/b11-9+. The lowest BCUT2D eigenvalue weighted by Gasteiger charge is -2.41. The Morgan fingerprint density at radius 2 is 2.08 bits per heavy atom. The Kier molecular flexibility index (Phi) is 7.52. The normalized spacial score (nSPS) is 22.4. The van der Waals surface area contributed by atoms with Gasteiger partial charge in [-0.05, 0) is 42.9 Å². The quantitative estimate of drug-likeness (QED) is 0.569. The maximum absolute atomic E-state index is 12.8. The van der Waals surface area contributed by atoms with Crippen LogP contribution in [-0.4, -0.2) is 51.1 Å². The molecule has 1 aliphatic rings. The van der Waals surface area contributed by atoms with Gasteiger partial charge in [-0.15, -0.1) is 11.8 Å². The molecular weight excluding hydrogens is 352 g/mol. The molecule has 1 saturated heterocycles. The monoisotopic (exact) mass is 380 g/mol. The van der Waals surface area contributed by atoms with Gasteiger partial charge >= 0.3 is 6.03 Å². The molecule has 2 rings (SSSR count). The molecule has 1 fully saturated rings. The van der Waals surface area contributed by atoms with E-state index in [1.165, 1.54) is 0 Å². The predicted molar refractivity (Wildman–Crippen MR) is 103 cm³/mol. The minimum Gasteiger partial charge on any atom is -0.344 e. The Labute approximate surface area is 158 Å². The van der Waals surface area contributed by atoms with E-state index in [-0.39, 0.29) is 30.5 Å². The highest BCUT2D eigenvalue weighted by Crippen LogP contribution is 2.37. The molecule has 0 spiro atoms. The third kappa shape index (κ3) is 6.32. The summed E-state index contributed by atoms with van der Waals surface area (Å²) in [4.78, 5) is 14.6. The van der Waals surface area contributed by atoms with Crippen molar-refractivity contribution in [1.82, 2.24) is 10.2 Å². The van der Waals surface area contributed by atoms with Gasteiger partial charge in [-0.2, -0.15) is 0 Å². The highest BCUT2D eigenvalue weighted by Gasteiger charge is 2.36. The average molecular weight is 381 g/mol. The fraction of sp³-hybridized carbons (Fsp3) is 0.526. The number of carbonyl (C=O) groups is 1. The number of hydrogen-bond acceptors (Lipinski definition) is 5. The molecule has 0 saturated carbocycles. The number of benzene rings is 1. The number of nitrogens with zero attached hydrogens (tertiary/aromatic N) is 1. The first-order valence-corrected chi connectivity index (χ1v) is 10.1. The molecule has 1 aromatic carbocycles. The lowest BCUT2D eigenvalue weighted by atomic mass is 9.84. The van der Waals surface area contributed by atoms with Crippen LogP contribution < -0.4 is 5.32 Å². The average Bonchev–Trinajstić information content (AvgIpc) is 2.59. The van der Waals surface area contributed by atoms with Gasteiger partial charge in [-0.3, -0.25) is 0 Å². The number of hydrogen-bond donors (Lipinski definition) is 4. The molecule has 0 aromatic heterocycles. The molecule has 26 heavy (non-hydrogen) atoms. The van der Waals surface area contributed by atoms with Crippen LogP contribution in [0.25, 0.3) is 0 Å². The zero-order valence-corrected chi connectivity index (χ0v) is 16.0. The van der Waals surface area contributed by atoms with Crippen LogP contribution in [0.2, 0.25) is 0 Å². The van der Waals surface area contributed by atoms with Crippen molar-refractivity contribution in [3.8, 4) is 0 Å². The van der Waals surface area contributed by atoms with E-state index in [0.717, 1.165) is 5.56 Å². The first-order valence-electron chi connectivity index (χ1n) is 8.79. The maximum atomic E-state index is 12.8. The van der Waals surface area contributed by atoms with Gasteiger partial charge in [0.25, 0.3) is 5.97 Å². The summed E-state index contributed by atoms with van der Waals surface area (Å²) >= 11 is 1.58. The summed E-state index contributed by atoms with van der Waals surface area (Å²) in [6.07, 6.45) is 4.94. The third-order valence-corrected chi connectivity index (χ3v) is 5.00. The van der Waals surface area contributed by atoms with Crippen molar-refractivity contribution in [2.45, 2.75) is 44.2 Å². The second kappa shape index (κ2) is 9.41. The Bertz CT molecular complexity index is 603. The van der Waals surface area contributed by atoms with Crippen LogP contribution in [0.5, 0.6) is 0 Å². The van der Waals surface area contributed by atoms with Crippen LogP contribution in [-0.2, 0) is 0 Å². The van der Waals surface area contributed by atoms with Gasteiger partial charge in [0.15, 0.2) is 0 Å². The first kappa shape index (κ1) is 20.8. The van der Waals surface area contributed by atoms with E-state index in [1.807, 2.05) is 55.0 Å². The number of likely N-dealkylation sites (tertiary alicyclic amines) is 1. The number of carbonyl (C=O) groups excluding carboxylic acids is 1. The number of urea groups is 1. The van der Waals surface area contributed by atoms with Gasteiger partial charge in [0.05, 0.1) is 6.04 Å². The summed E-state index contributed by atoms with van der Waals surface area (Å²) in [5.74, 6) is -2.76. The molecule has 144 valence electrons. The van der Waals surface area contributed by atoms with Crippen LogP contribution in [0.3, 0.4) is 0 Å². The van der Waals surface area contributed by atoms with Crippen molar-refractivity contribution in [3.05, 3.63) is 47.4 Å². The van der Waals surface area contributed by atoms with Gasteiger partial charge in [0, 0.05) is 19.0 Å². The Morgan fingerprint density at radius 3 is 2.69 bits per heavy atom. The van der Waals surface area contributed by atoms with Gasteiger partial charge in [-0.25, -0.2) is 4.79 Å². The van der Waals surface area contributed by atoms with E-state index < -0.39 is 5.97 Å².